The van der Waals surface area contributed by atoms with Gasteiger partial charge in [-0.1, -0.05) is 60.7 Å². The molecule has 25 heavy (non-hydrogen) atoms. The highest BCUT2D eigenvalue weighted by Gasteiger charge is 2.11. The molecule has 0 atom stereocenters. The van der Waals surface area contributed by atoms with Gasteiger partial charge in [-0.3, -0.25) is 0 Å². The standard InChI is InChI=1S/C21H20N2O2/c1-23(15-18-9-5-6-10-20(18)24)21(25)22-19-13-11-17(12-14-19)16-7-3-2-4-8-16/h2-14,24H,15H2,1H3,(H,22,25). The zero-order valence-corrected chi connectivity index (χ0v) is 14.0. The number of hydrogen-bond acceptors (Lipinski definition) is 2. The molecule has 0 aliphatic carbocycles. The van der Waals surface area contributed by atoms with Crippen molar-refractivity contribution < 1.29 is 9.90 Å². The molecule has 0 saturated heterocycles. The van der Waals surface area contributed by atoms with E-state index in [4.69, 9.17) is 0 Å². The van der Waals surface area contributed by atoms with Crippen LogP contribution in [0.5, 0.6) is 5.75 Å². The van der Waals surface area contributed by atoms with Crippen LogP contribution in [0.15, 0.2) is 78.9 Å². The summed E-state index contributed by atoms with van der Waals surface area (Å²) in [5, 5.41) is 12.7. The van der Waals surface area contributed by atoms with Crippen LogP contribution in [-0.2, 0) is 6.54 Å². The average Bonchev–Trinajstić information content (AvgIpc) is 2.65. The summed E-state index contributed by atoms with van der Waals surface area (Å²) < 4.78 is 0. The van der Waals surface area contributed by atoms with Gasteiger partial charge in [0.1, 0.15) is 5.75 Å². The molecule has 0 radical (unpaired) electrons. The third-order valence-electron chi connectivity index (χ3n) is 3.99. The number of hydrogen-bond donors (Lipinski definition) is 2. The molecule has 126 valence electrons. The first kappa shape index (κ1) is 16.6. The van der Waals surface area contributed by atoms with Gasteiger partial charge in [0.2, 0.25) is 0 Å². The lowest BCUT2D eigenvalue weighted by molar-refractivity contribution is 0.220. The van der Waals surface area contributed by atoms with Crippen LogP contribution in [0.25, 0.3) is 11.1 Å². The summed E-state index contributed by atoms with van der Waals surface area (Å²) in [6, 6.07) is 24.6. The Labute approximate surface area is 147 Å². The van der Waals surface area contributed by atoms with E-state index in [0.717, 1.165) is 16.8 Å². The number of phenolic OH excluding ortho intramolecular Hbond substituents is 1. The molecular formula is C21H20N2O2. The molecule has 0 heterocycles. The Bertz CT molecular complexity index is 845. The number of para-hydroxylation sites is 1. The Morgan fingerprint density at radius 3 is 2.16 bits per heavy atom. The highest BCUT2D eigenvalue weighted by Crippen LogP contribution is 2.21. The maximum absolute atomic E-state index is 12.3. The number of urea groups is 1. The van der Waals surface area contributed by atoms with E-state index in [1.807, 2.05) is 60.7 Å². The summed E-state index contributed by atoms with van der Waals surface area (Å²) in [6.45, 7) is 0.334. The Kier molecular flexibility index (Phi) is 5.00. The van der Waals surface area contributed by atoms with Gasteiger partial charge in [0.15, 0.2) is 0 Å². The van der Waals surface area contributed by atoms with Crippen molar-refractivity contribution in [3.8, 4) is 16.9 Å². The van der Waals surface area contributed by atoms with Crippen LogP contribution >= 0.6 is 0 Å². The molecule has 2 N–H and O–H groups in total. The maximum Gasteiger partial charge on any atom is 0.321 e. The molecule has 0 aromatic heterocycles. The van der Waals surface area contributed by atoms with Gasteiger partial charge in [0.25, 0.3) is 0 Å². The first-order valence-electron chi connectivity index (χ1n) is 8.08. The van der Waals surface area contributed by atoms with E-state index in [0.29, 0.717) is 12.1 Å². The SMILES string of the molecule is CN(Cc1ccccc1O)C(=O)Nc1ccc(-c2ccccc2)cc1. The van der Waals surface area contributed by atoms with Crippen LogP contribution < -0.4 is 5.32 Å². The second-order valence-electron chi connectivity index (χ2n) is 5.86. The number of benzene rings is 3. The van der Waals surface area contributed by atoms with Crippen molar-refractivity contribution in [1.29, 1.82) is 0 Å². The van der Waals surface area contributed by atoms with E-state index < -0.39 is 0 Å². The summed E-state index contributed by atoms with van der Waals surface area (Å²) in [4.78, 5) is 13.8. The number of carbonyl (C=O) groups is 1. The Balaban J connectivity index is 1.63. The third-order valence-corrected chi connectivity index (χ3v) is 3.99. The third kappa shape index (κ3) is 4.18. The van der Waals surface area contributed by atoms with Gasteiger partial charge in [-0.2, -0.15) is 0 Å². The molecule has 3 aromatic rings. The number of anilines is 1. The van der Waals surface area contributed by atoms with E-state index in [-0.39, 0.29) is 11.8 Å². The highest BCUT2D eigenvalue weighted by atomic mass is 16.3. The van der Waals surface area contributed by atoms with Crippen molar-refractivity contribution in [3.05, 3.63) is 84.4 Å². The molecule has 0 unspecified atom stereocenters. The molecule has 0 aliphatic heterocycles. The van der Waals surface area contributed by atoms with Gasteiger partial charge >= 0.3 is 6.03 Å². The lowest BCUT2D eigenvalue weighted by atomic mass is 10.1. The van der Waals surface area contributed by atoms with Crippen molar-refractivity contribution in [2.75, 3.05) is 12.4 Å². The van der Waals surface area contributed by atoms with Crippen LogP contribution in [0.1, 0.15) is 5.56 Å². The zero-order chi connectivity index (χ0) is 17.6. The maximum atomic E-state index is 12.3. The van der Waals surface area contributed by atoms with E-state index in [1.54, 1.807) is 25.2 Å². The quantitative estimate of drug-likeness (QED) is 0.726. The lowest BCUT2D eigenvalue weighted by Crippen LogP contribution is -2.30. The van der Waals surface area contributed by atoms with Gasteiger partial charge in [-0.05, 0) is 29.3 Å². The summed E-state index contributed by atoms with van der Waals surface area (Å²) in [7, 11) is 1.69. The second kappa shape index (κ2) is 7.53. The van der Waals surface area contributed by atoms with Crippen molar-refractivity contribution >= 4 is 11.7 Å². The number of carbonyl (C=O) groups excluding carboxylic acids is 1. The minimum atomic E-state index is -0.226. The molecule has 0 spiro atoms. The molecule has 4 heteroatoms. The summed E-state index contributed by atoms with van der Waals surface area (Å²) >= 11 is 0. The fourth-order valence-electron chi connectivity index (χ4n) is 2.57. The van der Waals surface area contributed by atoms with Crippen molar-refractivity contribution in [2.45, 2.75) is 6.54 Å². The number of aromatic hydroxyl groups is 1. The number of nitrogens with one attached hydrogen (secondary N) is 1. The summed E-state index contributed by atoms with van der Waals surface area (Å²) in [5.41, 5.74) is 3.67. The minimum Gasteiger partial charge on any atom is -0.508 e. The fourth-order valence-corrected chi connectivity index (χ4v) is 2.57. The van der Waals surface area contributed by atoms with E-state index in [2.05, 4.69) is 5.32 Å². The number of amides is 2. The Hall–Kier alpha value is -3.27. The largest absolute Gasteiger partial charge is 0.508 e. The normalized spacial score (nSPS) is 10.3. The molecule has 0 aliphatic rings. The monoisotopic (exact) mass is 332 g/mol. The fraction of sp³-hybridized carbons (Fsp3) is 0.0952. The lowest BCUT2D eigenvalue weighted by Gasteiger charge is -2.18. The smallest absolute Gasteiger partial charge is 0.321 e. The van der Waals surface area contributed by atoms with Crippen LogP contribution in [-0.4, -0.2) is 23.1 Å². The number of nitrogens with zero attached hydrogens (tertiary/aromatic N) is 1. The highest BCUT2D eigenvalue weighted by molar-refractivity contribution is 5.89. The molecule has 3 aromatic carbocycles. The van der Waals surface area contributed by atoms with Crippen molar-refractivity contribution in [3.63, 3.8) is 0 Å². The average molecular weight is 332 g/mol. The summed E-state index contributed by atoms with van der Waals surface area (Å²) in [5.74, 6) is 0.189. The van der Waals surface area contributed by atoms with Crippen molar-refractivity contribution in [1.82, 2.24) is 4.90 Å². The first-order valence-corrected chi connectivity index (χ1v) is 8.08. The zero-order valence-electron chi connectivity index (χ0n) is 14.0. The van der Waals surface area contributed by atoms with E-state index >= 15 is 0 Å². The summed E-state index contributed by atoms with van der Waals surface area (Å²) in [6.07, 6.45) is 0. The van der Waals surface area contributed by atoms with Gasteiger partial charge in [-0.25, -0.2) is 4.79 Å². The molecule has 0 bridgehead atoms. The molecule has 0 saturated carbocycles. The van der Waals surface area contributed by atoms with Crippen LogP contribution in [0, 0.1) is 0 Å². The first-order chi connectivity index (χ1) is 12.1. The molecule has 2 amide bonds. The van der Waals surface area contributed by atoms with Crippen LogP contribution in [0.3, 0.4) is 0 Å². The topological polar surface area (TPSA) is 52.6 Å². The second-order valence-corrected chi connectivity index (χ2v) is 5.86. The molecule has 3 rings (SSSR count). The minimum absolute atomic E-state index is 0.189. The van der Waals surface area contributed by atoms with Gasteiger partial charge in [0, 0.05) is 18.3 Å². The predicted molar refractivity (Wildman–Crippen MR) is 100 cm³/mol. The van der Waals surface area contributed by atoms with Crippen LogP contribution in [0.4, 0.5) is 10.5 Å². The van der Waals surface area contributed by atoms with Gasteiger partial charge in [0.05, 0.1) is 6.54 Å². The molecule has 4 nitrogen and oxygen atoms in total. The van der Waals surface area contributed by atoms with Gasteiger partial charge < -0.3 is 15.3 Å². The van der Waals surface area contributed by atoms with Gasteiger partial charge in [-0.15, -0.1) is 0 Å². The van der Waals surface area contributed by atoms with E-state index in [1.165, 1.54) is 4.90 Å². The van der Waals surface area contributed by atoms with E-state index in [9.17, 15) is 9.90 Å². The van der Waals surface area contributed by atoms with Crippen molar-refractivity contribution in [2.24, 2.45) is 0 Å². The molecule has 0 fully saturated rings. The Morgan fingerprint density at radius 1 is 0.880 bits per heavy atom. The van der Waals surface area contributed by atoms with Crippen LogP contribution in [0.2, 0.25) is 0 Å². The predicted octanol–water partition coefficient (Wildman–Crippen LogP) is 4.72. The number of rotatable bonds is 4. The molecular weight excluding hydrogens is 312 g/mol. The Morgan fingerprint density at radius 2 is 1.48 bits per heavy atom. The number of phenols is 1.